The van der Waals surface area contributed by atoms with Crippen molar-refractivity contribution >= 4 is 0 Å². The van der Waals surface area contributed by atoms with Gasteiger partial charge < -0.3 is 10.1 Å². The van der Waals surface area contributed by atoms with Crippen LogP contribution in [0.5, 0.6) is 0 Å². The lowest BCUT2D eigenvalue weighted by Crippen LogP contribution is -2.25. The van der Waals surface area contributed by atoms with Crippen LogP contribution in [0.2, 0.25) is 0 Å². The van der Waals surface area contributed by atoms with Gasteiger partial charge in [-0.3, -0.25) is 0 Å². The highest BCUT2D eigenvalue weighted by Crippen LogP contribution is 2.40. The summed E-state index contributed by atoms with van der Waals surface area (Å²) in [6.45, 7) is 2.19. The average molecular weight is 245 g/mol. The molecule has 1 aliphatic carbocycles. The lowest BCUT2D eigenvalue weighted by atomic mass is 9.93. The van der Waals surface area contributed by atoms with E-state index in [1.54, 1.807) is 0 Å². The zero-order valence-corrected chi connectivity index (χ0v) is 11.4. The van der Waals surface area contributed by atoms with Gasteiger partial charge in [0.05, 0.1) is 12.2 Å². The van der Waals surface area contributed by atoms with E-state index in [1.807, 2.05) is 0 Å². The van der Waals surface area contributed by atoms with Crippen molar-refractivity contribution in [1.29, 1.82) is 0 Å². The number of rotatable bonds is 3. The predicted octanol–water partition coefficient (Wildman–Crippen LogP) is 3.08. The van der Waals surface area contributed by atoms with E-state index in [2.05, 4.69) is 43.6 Å². The monoisotopic (exact) mass is 245 g/mol. The molecule has 1 aliphatic heterocycles. The minimum atomic E-state index is 0.465. The van der Waals surface area contributed by atoms with Gasteiger partial charge in [-0.15, -0.1) is 0 Å². The fourth-order valence-corrected chi connectivity index (χ4v) is 3.68. The normalized spacial score (nSPS) is 34.8. The van der Waals surface area contributed by atoms with Gasteiger partial charge in [0.1, 0.15) is 0 Å². The molecule has 0 spiro atoms. The summed E-state index contributed by atoms with van der Waals surface area (Å²) in [5, 5.41) is 3.50. The maximum atomic E-state index is 5.99. The van der Waals surface area contributed by atoms with Crippen molar-refractivity contribution in [2.75, 3.05) is 7.05 Å². The topological polar surface area (TPSA) is 21.3 Å². The molecule has 2 nitrogen and oxygen atoms in total. The van der Waals surface area contributed by atoms with Crippen LogP contribution in [-0.4, -0.2) is 19.3 Å². The molecule has 1 N–H and O–H groups in total. The van der Waals surface area contributed by atoms with E-state index in [9.17, 15) is 0 Å². The number of benzene rings is 1. The molecule has 0 amide bonds. The molecule has 1 heterocycles. The molecule has 4 atom stereocenters. The Kier molecular flexibility index (Phi) is 3.40. The van der Waals surface area contributed by atoms with E-state index in [0.717, 1.165) is 0 Å². The Balaban J connectivity index is 1.71. The molecule has 3 rings (SSSR count). The molecule has 0 radical (unpaired) electrons. The van der Waals surface area contributed by atoms with Crippen LogP contribution in [-0.2, 0) is 11.2 Å². The molecule has 4 unspecified atom stereocenters. The molecular formula is C16H23NO. The van der Waals surface area contributed by atoms with E-state index in [4.69, 9.17) is 4.74 Å². The van der Waals surface area contributed by atoms with Crippen LogP contribution >= 0.6 is 0 Å². The lowest BCUT2D eigenvalue weighted by molar-refractivity contribution is 0.0383. The summed E-state index contributed by atoms with van der Waals surface area (Å²) in [6.07, 6.45) is 5.82. The highest BCUT2D eigenvalue weighted by Gasteiger charge is 2.34. The van der Waals surface area contributed by atoms with Crippen LogP contribution in [0.4, 0.5) is 0 Å². The van der Waals surface area contributed by atoms with Crippen molar-refractivity contribution in [3.8, 4) is 0 Å². The summed E-state index contributed by atoms with van der Waals surface area (Å²) in [6, 6.07) is 9.37. The van der Waals surface area contributed by atoms with Crippen LogP contribution in [0, 0.1) is 5.92 Å². The Morgan fingerprint density at radius 2 is 2.11 bits per heavy atom. The Morgan fingerprint density at radius 1 is 1.28 bits per heavy atom. The third-order valence-corrected chi connectivity index (χ3v) is 4.54. The third-order valence-electron chi connectivity index (χ3n) is 4.54. The van der Waals surface area contributed by atoms with Crippen molar-refractivity contribution in [1.82, 2.24) is 5.32 Å². The van der Waals surface area contributed by atoms with Gasteiger partial charge in [0.15, 0.2) is 0 Å². The Hall–Kier alpha value is -0.860. The molecule has 2 heteroatoms. The van der Waals surface area contributed by atoms with Gasteiger partial charge in [-0.25, -0.2) is 0 Å². The second-order valence-corrected chi connectivity index (χ2v) is 5.81. The Bertz CT molecular complexity index is 417. The predicted molar refractivity (Wildman–Crippen MR) is 73.6 cm³/mol. The molecule has 98 valence electrons. The quantitative estimate of drug-likeness (QED) is 0.883. The number of fused-ring (bicyclic) bond motifs is 1. The third kappa shape index (κ3) is 2.19. The van der Waals surface area contributed by atoms with Gasteiger partial charge in [-0.1, -0.05) is 24.3 Å². The van der Waals surface area contributed by atoms with Crippen LogP contribution < -0.4 is 5.32 Å². The van der Waals surface area contributed by atoms with Gasteiger partial charge in [0, 0.05) is 6.04 Å². The van der Waals surface area contributed by atoms with E-state index < -0.39 is 0 Å². The highest BCUT2D eigenvalue weighted by atomic mass is 16.5. The Morgan fingerprint density at radius 3 is 2.83 bits per heavy atom. The zero-order valence-electron chi connectivity index (χ0n) is 11.4. The van der Waals surface area contributed by atoms with Gasteiger partial charge in [-0.2, -0.15) is 0 Å². The summed E-state index contributed by atoms with van der Waals surface area (Å²) in [7, 11) is 2.08. The van der Waals surface area contributed by atoms with E-state index in [0.29, 0.717) is 24.2 Å². The second-order valence-electron chi connectivity index (χ2n) is 5.81. The smallest absolute Gasteiger partial charge is 0.0583 e. The van der Waals surface area contributed by atoms with Crippen molar-refractivity contribution < 1.29 is 4.74 Å². The van der Waals surface area contributed by atoms with Crippen LogP contribution in [0.3, 0.4) is 0 Å². The fraction of sp³-hybridized carbons (Fsp3) is 0.625. The van der Waals surface area contributed by atoms with E-state index in [1.165, 1.54) is 36.8 Å². The largest absolute Gasteiger partial charge is 0.375 e. The maximum Gasteiger partial charge on any atom is 0.0583 e. The molecule has 1 aromatic carbocycles. The van der Waals surface area contributed by atoms with E-state index in [-0.39, 0.29) is 0 Å². The first kappa shape index (κ1) is 12.2. The Labute approximate surface area is 110 Å². The number of hydrogen-bond donors (Lipinski definition) is 1. The molecule has 0 aromatic heterocycles. The van der Waals surface area contributed by atoms with Crippen molar-refractivity contribution in [2.24, 2.45) is 5.92 Å². The molecule has 1 aromatic rings. The van der Waals surface area contributed by atoms with Crippen LogP contribution in [0.15, 0.2) is 24.3 Å². The fourth-order valence-electron chi connectivity index (χ4n) is 3.68. The van der Waals surface area contributed by atoms with E-state index >= 15 is 0 Å². The molecule has 18 heavy (non-hydrogen) atoms. The highest BCUT2D eigenvalue weighted by molar-refractivity contribution is 5.35. The van der Waals surface area contributed by atoms with Crippen LogP contribution in [0.25, 0.3) is 0 Å². The molecule has 1 saturated heterocycles. The first-order valence-corrected chi connectivity index (χ1v) is 7.18. The maximum absolute atomic E-state index is 5.99. The average Bonchev–Trinajstić information content (AvgIpc) is 2.92. The summed E-state index contributed by atoms with van der Waals surface area (Å²) in [5.74, 6) is 0.697. The van der Waals surface area contributed by atoms with Gasteiger partial charge in [-0.05, 0) is 56.7 Å². The molecular weight excluding hydrogens is 222 g/mol. The minimum absolute atomic E-state index is 0.465. The van der Waals surface area contributed by atoms with Gasteiger partial charge >= 0.3 is 0 Å². The SMILES string of the molecule is CNC1c2ccccc2CC1CC1CCC(C)O1. The summed E-state index contributed by atoms with van der Waals surface area (Å²) in [4.78, 5) is 0. The zero-order chi connectivity index (χ0) is 12.5. The number of ether oxygens (including phenoxy) is 1. The lowest BCUT2D eigenvalue weighted by Gasteiger charge is -2.23. The molecule has 1 fully saturated rings. The molecule has 0 saturated carbocycles. The number of nitrogens with one attached hydrogen (secondary N) is 1. The summed E-state index contributed by atoms with van der Waals surface area (Å²) in [5.41, 5.74) is 3.02. The molecule has 2 aliphatic rings. The minimum Gasteiger partial charge on any atom is -0.375 e. The van der Waals surface area contributed by atoms with Gasteiger partial charge in [0.25, 0.3) is 0 Å². The summed E-state index contributed by atoms with van der Waals surface area (Å²) >= 11 is 0. The first-order valence-electron chi connectivity index (χ1n) is 7.18. The second kappa shape index (κ2) is 5.02. The standard InChI is InChI=1S/C16H23NO/c1-11-7-8-14(18-11)10-13-9-12-5-3-4-6-15(12)16(13)17-2/h3-6,11,13-14,16-17H,7-10H2,1-2H3. The van der Waals surface area contributed by atoms with Crippen molar-refractivity contribution in [2.45, 2.75) is 50.9 Å². The number of hydrogen-bond acceptors (Lipinski definition) is 2. The first-order chi connectivity index (χ1) is 8.78. The van der Waals surface area contributed by atoms with Crippen molar-refractivity contribution in [3.05, 3.63) is 35.4 Å². The summed E-state index contributed by atoms with van der Waals surface area (Å²) < 4.78 is 5.99. The van der Waals surface area contributed by atoms with Gasteiger partial charge in [0.2, 0.25) is 0 Å². The van der Waals surface area contributed by atoms with Crippen molar-refractivity contribution in [3.63, 3.8) is 0 Å². The molecule has 0 bridgehead atoms. The van der Waals surface area contributed by atoms with Crippen LogP contribution in [0.1, 0.15) is 43.4 Å².